The van der Waals surface area contributed by atoms with Gasteiger partial charge in [0.05, 0.1) is 0 Å². The molecular weight excluding hydrogens is 252 g/mol. The number of nitrogens with one attached hydrogen (secondary N) is 1. The van der Waals surface area contributed by atoms with E-state index in [0.29, 0.717) is 10.5 Å². The number of thioether (sulfide) groups is 1. The number of nitrogens with zero attached hydrogens (tertiary/aromatic N) is 1. The first-order chi connectivity index (χ1) is 6.96. The molecule has 2 rings (SSSR count). The average Bonchev–Trinajstić information content (AvgIpc) is 2.48. The molecular formula is C8H10N2O2S3. The lowest BCUT2D eigenvalue weighted by molar-refractivity contribution is 0.599. The lowest BCUT2D eigenvalue weighted by atomic mass is 10.3. The molecule has 2 heterocycles. The van der Waals surface area contributed by atoms with Crippen molar-refractivity contribution in [3.05, 3.63) is 21.7 Å². The minimum absolute atomic E-state index is 0.0748. The van der Waals surface area contributed by atoms with Crippen LogP contribution in [0.1, 0.15) is 17.1 Å². The molecule has 1 aromatic rings. The predicted molar refractivity (Wildman–Crippen MR) is 63.0 cm³/mol. The second-order valence-electron chi connectivity index (χ2n) is 3.51. The van der Waals surface area contributed by atoms with E-state index < -0.39 is 9.84 Å². The molecule has 0 atom stereocenters. The van der Waals surface area contributed by atoms with Crippen molar-refractivity contribution in [2.45, 2.75) is 17.3 Å². The van der Waals surface area contributed by atoms with Crippen LogP contribution in [0.15, 0.2) is 0 Å². The Morgan fingerprint density at radius 2 is 2.27 bits per heavy atom. The summed E-state index contributed by atoms with van der Waals surface area (Å²) in [5.74, 6) is 2.10. The Bertz CT molecular complexity index is 547. The third-order valence-corrected chi connectivity index (χ3v) is 4.17. The number of hydrogen-bond acceptors (Lipinski definition) is 5. The van der Waals surface area contributed by atoms with E-state index in [1.807, 2.05) is 0 Å². The molecule has 1 N–H and O–H groups in total. The molecule has 4 nitrogen and oxygen atoms in total. The van der Waals surface area contributed by atoms with E-state index in [0.717, 1.165) is 22.8 Å². The van der Waals surface area contributed by atoms with Gasteiger partial charge in [-0.3, -0.25) is 0 Å². The predicted octanol–water partition coefficient (Wildman–Crippen LogP) is 1.43. The Hall–Kier alpha value is -0.400. The number of aromatic nitrogens is 2. The Morgan fingerprint density at radius 3 is 2.93 bits per heavy atom. The average molecular weight is 262 g/mol. The Balaban J connectivity index is 2.45. The molecule has 0 amide bonds. The van der Waals surface area contributed by atoms with Gasteiger partial charge in [-0.25, -0.2) is 13.4 Å². The van der Waals surface area contributed by atoms with E-state index in [1.165, 1.54) is 6.26 Å². The largest absolute Gasteiger partial charge is 0.345 e. The zero-order valence-corrected chi connectivity index (χ0v) is 10.6. The first-order valence-electron chi connectivity index (χ1n) is 4.32. The molecule has 1 aromatic heterocycles. The summed E-state index contributed by atoms with van der Waals surface area (Å²) in [7, 11) is -3.06. The number of sulfone groups is 1. The fraction of sp³-hybridized carbons (Fsp3) is 0.500. The molecule has 0 saturated heterocycles. The van der Waals surface area contributed by atoms with E-state index in [-0.39, 0.29) is 5.75 Å². The van der Waals surface area contributed by atoms with E-state index in [9.17, 15) is 8.42 Å². The third-order valence-electron chi connectivity index (χ3n) is 2.05. The molecule has 1 aliphatic rings. The normalized spacial score (nSPS) is 15.3. The van der Waals surface area contributed by atoms with Crippen LogP contribution in [-0.2, 0) is 27.1 Å². The molecule has 0 bridgehead atoms. The highest BCUT2D eigenvalue weighted by Crippen LogP contribution is 2.28. The summed E-state index contributed by atoms with van der Waals surface area (Å²) in [5, 5.41) is 0. The van der Waals surface area contributed by atoms with Crippen molar-refractivity contribution in [3.8, 4) is 0 Å². The van der Waals surface area contributed by atoms with Crippen molar-refractivity contribution in [3.63, 3.8) is 0 Å². The van der Waals surface area contributed by atoms with Crippen LogP contribution in [0.4, 0.5) is 0 Å². The zero-order valence-electron chi connectivity index (χ0n) is 8.11. The standard InChI is InChI=1S/C8H10N2O2S3/c1-15(11,12)4-7-9-6-3-14-2-5(6)8(13)10-7/h2-4H2,1H3,(H,9,10,13). The van der Waals surface area contributed by atoms with Crippen LogP contribution < -0.4 is 0 Å². The smallest absolute Gasteiger partial charge is 0.154 e. The highest BCUT2D eigenvalue weighted by atomic mass is 32.2. The van der Waals surface area contributed by atoms with Crippen LogP contribution in [0.25, 0.3) is 0 Å². The monoisotopic (exact) mass is 262 g/mol. The van der Waals surface area contributed by atoms with Crippen LogP contribution in [-0.4, -0.2) is 24.6 Å². The van der Waals surface area contributed by atoms with Crippen LogP contribution in [0.5, 0.6) is 0 Å². The molecule has 1 aliphatic heterocycles. The van der Waals surface area contributed by atoms with Crippen LogP contribution in [0.3, 0.4) is 0 Å². The highest BCUT2D eigenvalue weighted by molar-refractivity contribution is 7.98. The fourth-order valence-corrected chi connectivity index (χ4v) is 3.54. The summed E-state index contributed by atoms with van der Waals surface area (Å²) in [5.41, 5.74) is 2.07. The van der Waals surface area contributed by atoms with Crippen LogP contribution in [0, 0.1) is 4.64 Å². The number of aromatic amines is 1. The molecule has 82 valence electrons. The van der Waals surface area contributed by atoms with Gasteiger partial charge in [-0.05, 0) is 0 Å². The second kappa shape index (κ2) is 3.88. The van der Waals surface area contributed by atoms with Gasteiger partial charge < -0.3 is 4.98 Å². The minimum atomic E-state index is -3.06. The van der Waals surface area contributed by atoms with Crippen molar-refractivity contribution in [2.24, 2.45) is 0 Å². The van der Waals surface area contributed by atoms with Gasteiger partial charge >= 0.3 is 0 Å². The summed E-state index contributed by atoms with van der Waals surface area (Å²) in [4.78, 5) is 7.14. The number of rotatable bonds is 2. The topological polar surface area (TPSA) is 62.8 Å². The summed E-state index contributed by atoms with van der Waals surface area (Å²) in [6, 6.07) is 0. The summed E-state index contributed by atoms with van der Waals surface area (Å²) >= 11 is 6.87. The van der Waals surface area contributed by atoms with E-state index in [4.69, 9.17) is 12.2 Å². The maximum absolute atomic E-state index is 11.1. The van der Waals surface area contributed by atoms with Crippen molar-refractivity contribution < 1.29 is 8.42 Å². The molecule has 0 aromatic carbocycles. The number of hydrogen-bond donors (Lipinski definition) is 1. The molecule has 15 heavy (non-hydrogen) atoms. The molecule has 0 aliphatic carbocycles. The van der Waals surface area contributed by atoms with Gasteiger partial charge in [-0.1, -0.05) is 12.2 Å². The lowest BCUT2D eigenvalue weighted by Crippen LogP contribution is -2.07. The highest BCUT2D eigenvalue weighted by Gasteiger charge is 2.16. The zero-order chi connectivity index (χ0) is 11.1. The van der Waals surface area contributed by atoms with Crippen LogP contribution in [0.2, 0.25) is 0 Å². The van der Waals surface area contributed by atoms with Gasteiger partial charge in [0.1, 0.15) is 16.2 Å². The molecule has 7 heteroatoms. The lowest BCUT2D eigenvalue weighted by Gasteiger charge is -2.03. The van der Waals surface area contributed by atoms with Crippen molar-refractivity contribution in [1.82, 2.24) is 9.97 Å². The first kappa shape index (κ1) is 11.1. The van der Waals surface area contributed by atoms with E-state index in [1.54, 1.807) is 11.8 Å². The van der Waals surface area contributed by atoms with Crippen molar-refractivity contribution >= 4 is 33.8 Å². The first-order valence-corrected chi connectivity index (χ1v) is 7.94. The number of fused-ring (bicyclic) bond motifs is 1. The minimum Gasteiger partial charge on any atom is -0.345 e. The van der Waals surface area contributed by atoms with E-state index in [2.05, 4.69) is 9.97 Å². The molecule has 0 saturated carbocycles. The molecule has 0 fully saturated rings. The summed E-state index contributed by atoms with van der Waals surface area (Å²) < 4.78 is 22.8. The van der Waals surface area contributed by atoms with Gasteiger partial charge in [0, 0.05) is 29.0 Å². The van der Waals surface area contributed by atoms with Gasteiger partial charge in [-0.2, -0.15) is 11.8 Å². The molecule has 0 radical (unpaired) electrons. The second-order valence-corrected chi connectivity index (χ2v) is 7.02. The van der Waals surface area contributed by atoms with Gasteiger partial charge in [0.15, 0.2) is 9.84 Å². The fourth-order valence-electron chi connectivity index (χ4n) is 1.44. The molecule has 0 unspecified atom stereocenters. The maximum Gasteiger partial charge on any atom is 0.154 e. The van der Waals surface area contributed by atoms with Gasteiger partial charge in [0.2, 0.25) is 0 Å². The SMILES string of the molecule is CS(=O)(=O)Cc1nc(=S)c2c([nH]1)CSC2. The van der Waals surface area contributed by atoms with Crippen molar-refractivity contribution in [2.75, 3.05) is 6.26 Å². The maximum atomic E-state index is 11.1. The Kier molecular flexibility index (Phi) is 2.87. The van der Waals surface area contributed by atoms with Crippen LogP contribution >= 0.6 is 24.0 Å². The third kappa shape index (κ3) is 2.59. The van der Waals surface area contributed by atoms with Gasteiger partial charge in [-0.15, -0.1) is 0 Å². The molecule has 0 spiro atoms. The quantitative estimate of drug-likeness (QED) is 0.817. The Morgan fingerprint density at radius 1 is 1.53 bits per heavy atom. The Labute approximate surface area is 97.4 Å². The van der Waals surface area contributed by atoms with Crippen molar-refractivity contribution in [1.29, 1.82) is 0 Å². The van der Waals surface area contributed by atoms with E-state index >= 15 is 0 Å². The summed E-state index contributed by atoms with van der Waals surface area (Å²) in [6.45, 7) is 0. The summed E-state index contributed by atoms with van der Waals surface area (Å²) in [6.07, 6.45) is 1.19. The van der Waals surface area contributed by atoms with Gasteiger partial charge in [0.25, 0.3) is 0 Å². The number of H-pyrrole nitrogens is 1.